The molecule has 1 aromatic heterocycles. The number of oxazole rings is 1. The van der Waals surface area contributed by atoms with Crippen LogP contribution in [0.5, 0.6) is 0 Å². The number of aromatic nitrogens is 1. The summed E-state index contributed by atoms with van der Waals surface area (Å²) in [6.45, 7) is 2.38. The molecule has 0 spiro atoms. The third kappa shape index (κ3) is 1.41. The Balaban J connectivity index is 2.75. The molecule has 0 fully saturated rings. The number of primary amides is 1. The molecular weight excluding hydrogens is 196 g/mol. The molecule has 0 unspecified atom stereocenters. The van der Waals surface area contributed by atoms with Crippen molar-refractivity contribution in [1.82, 2.24) is 4.57 Å². The largest absolute Gasteiger partial charge is 0.419 e. The predicted octanol–water partition coefficient (Wildman–Crippen LogP) is 0.713. The Morgan fingerprint density at radius 3 is 2.87 bits per heavy atom. The van der Waals surface area contributed by atoms with E-state index in [1.165, 1.54) is 10.6 Å². The van der Waals surface area contributed by atoms with Crippen LogP contribution in [0.3, 0.4) is 0 Å². The fourth-order valence-electron chi connectivity index (χ4n) is 1.52. The maximum atomic E-state index is 11.3. The molecule has 5 heteroatoms. The van der Waals surface area contributed by atoms with Crippen molar-refractivity contribution in [2.45, 2.75) is 13.5 Å². The van der Waals surface area contributed by atoms with Crippen molar-refractivity contribution >= 4 is 17.0 Å². The third-order valence-corrected chi connectivity index (χ3v) is 2.27. The lowest BCUT2D eigenvalue weighted by Gasteiger charge is -1.96. The van der Waals surface area contributed by atoms with E-state index in [-0.39, 0.29) is 0 Å². The Morgan fingerprint density at radius 1 is 1.53 bits per heavy atom. The van der Waals surface area contributed by atoms with Crippen LogP contribution in [0.15, 0.2) is 27.4 Å². The van der Waals surface area contributed by atoms with Crippen LogP contribution >= 0.6 is 0 Å². The minimum Gasteiger partial charge on any atom is -0.408 e. The maximum absolute atomic E-state index is 11.3. The number of hydrogen-bond donors (Lipinski definition) is 1. The van der Waals surface area contributed by atoms with Crippen LogP contribution in [-0.4, -0.2) is 10.5 Å². The molecule has 5 nitrogen and oxygen atoms in total. The minimum atomic E-state index is -0.538. The molecule has 2 rings (SSSR count). The smallest absolute Gasteiger partial charge is 0.408 e. The van der Waals surface area contributed by atoms with Gasteiger partial charge in [-0.2, -0.15) is 0 Å². The lowest BCUT2D eigenvalue weighted by Crippen LogP contribution is -2.12. The van der Waals surface area contributed by atoms with Gasteiger partial charge in [0.1, 0.15) is 0 Å². The number of carbonyl (C=O) groups is 1. The van der Waals surface area contributed by atoms with E-state index in [9.17, 15) is 9.59 Å². The summed E-state index contributed by atoms with van der Waals surface area (Å²) in [5.74, 6) is -0.960. The van der Waals surface area contributed by atoms with E-state index < -0.39 is 11.7 Å². The molecule has 15 heavy (non-hydrogen) atoms. The molecule has 0 aliphatic heterocycles. The van der Waals surface area contributed by atoms with E-state index in [2.05, 4.69) is 0 Å². The van der Waals surface area contributed by atoms with Crippen LogP contribution < -0.4 is 11.5 Å². The number of hydrogen-bond acceptors (Lipinski definition) is 3. The van der Waals surface area contributed by atoms with Crippen molar-refractivity contribution in [1.29, 1.82) is 0 Å². The lowest BCUT2D eigenvalue weighted by molar-refractivity contribution is 0.100. The highest BCUT2D eigenvalue weighted by molar-refractivity contribution is 5.95. The molecule has 0 aliphatic rings. The topological polar surface area (TPSA) is 78.2 Å². The monoisotopic (exact) mass is 206 g/mol. The molecule has 0 bridgehead atoms. The molecule has 1 heterocycles. The zero-order valence-corrected chi connectivity index (χ0v) is 8.19. The van der Waals surface area contributed by atoms with Gasteiger partial charge in [0.05, 0.1) is 5.52 Å². The number of benzene rings is 1. The van der Waals surface area contributed by atoms with E-state index in [1.807, 2.05) is 6.92 Å². The van der Waals surface area contributed by atoms with Gasteiger partial charge in [-0.1, -0.05) is 0 Å². The zero-order valence-electron chi connectivity index (χ0n) is 8.19. The first-order valence-corrected chi connectivity index (χ1v) is 4.56. The first kappa shape index (κ1) is 9.51. The molecule has 2 aromatic rings. The summed E-state index contributed by atoms with van der Waals surface area (Å²) in [5.41, 5.74) is 6.51. The third-order valence-electron chi connectivity index (χ3n) is 2.27. The lowest BCUT2D eigenvalue weighted by atomic mass is 10.2. The van der Waals surface area contributed by atoms with Gasteiger partial charge in [-0.15, -0.1) is 0 Å². The molecular formula is C10H10N2O3. The van der Waals surface area contributed by atoms with E-state index in [1.54, 1.807) is 12.1 Å². The number of nitrogens with two attached hydrogens (primary N) is 1. The number of rotatable bonds is 2. The van der Waals surface area contributed by atoms with Gasteiger partial charge >= 0.3 is 5.76 Å². The van der Waals surface area contributed by atoms with E-state index in [4.69, 9.17) is 10.2 Å². The molecule has 0 radical (unpaired) electrons. The summed E-state index contributed by atoms with van der Waals surface area (Å²) in [6, 6.07) is 4.71. The van der Waals surface area contributed by atoms with Gasteiger partial charge in [-0.05, 0) is 25.1 Å². The van der Waals surface area contributed by atoms with Crippen molar-refractivity contribution in [3.63, 3.8) is 0 Å². The first-order chi connectivity index (χ1) is 7.13. The molecule has 1 aromatic carbocycles. The fourth-order valence-corrected chi connectivity index (χ4v) is 1.52. The Bertz CT molecular complexity index is 580. The fraction of sp³-hybridized carbons (Fsp3) is 0.200. The van der Waals surface area contributed by atoms with Gasteiger partial charge in [0.2, 0.25) is 5.91 Å². The van der Waals surface area contributed by atoms with E-state index >= 15 is 0 Å². The summed E-state index contributed by atoms with van der Waals surface area (Å²) >= 11 is 0. The molecule has 0 saturated carbocycles. The van der Waals surface area contributed by atoms with Gasteiger partial charge in [0, 0.05) is 12.1 Å². The Kier molecular flexibility index (Phi) is 2.07. The van der Waals surface area contributed by atoms with Crippen LogP contribution in [0.2, 0.25) is 0 Å². The first-order valence-electron chi connectivity index (χ1n) is 4.56. The van der Waals surface area contributed by atoms with Gasteiger partial charge in [-0.25, -0.2) is 4.79 Å². The number of aryl methyl sites for hydroxylation is 1. The van der Waals surface area contributed by atoms with Crippen LogP contribution in [-0.2, 0) is 6.54 Å². The summed E-state index contributed by atoms with van der Waals surface area (Å²) in [4.78, 5) is 22.2. The van der Waals surface area contributed by atoms with Gasteiger partial charge in [0.15, 0.2) is 5.58 Å². The van der Waals surface area contributed by atoms with Crippen molar-refractivity contribution in [3.8, 4) is 0 Å². The summed E-state index contributed by atoms with van der Waals surface area (Å²) in [5, 5.41) is 0. The van der Waals surface area contributed by atoms with E-state index in [0.717, 1.165) is 0 Å². The highest BCUT2D eigenvalue weighted by Crippen LogP contribution is 2.14. The summed E-state index contributed by atoms with van der Waals surface area (Å²) in [7, 11) is 0. The average Bonchev–Trinajstić information content (AvgIpc) is 2.51. The molecule has 0 aliphatic carbocycles. The predicted molar refractivity (Wildman–Crippen MR) is 54.7 cm³/mol. The molecule has 2 N–H and O–H groups in total. The van der Waals surface area contributed by atoms with Crippen molar-refractivity contribution in [2.24, 2.45) is 5.73 Å². The highest BCUT2D eigenvalue weighted by Gasteiger charge is 2.09. The standard InChI is InChI=1S/C10H10N2O3/c1-2-12-7-4-3-6(9(11)13)5-8(7)15-10(12)14/h3-5H,2H2,1H3,(H2,11,13). The zero-order chi connectivity index (χ0) is 11.0. The number of amides is 1. The van der Waals surface area contributed by atoms with Crippen LogP contribution in [0, 0.1) is 0 Å². The minimum absolute atomic E-state index is 0.333. The number of fused-ring (bicyclic) bond motifs is 1. The summed E-state index contributed by atoms with van der Waals surface area (Å²) < 4.78 is 6.47. The SMILES string of the molecule is CCn1c(=O)oc2cc(C(N)=O)ccc21. The molecule has 1 amide bonds. The Labute approximate surface area is 85.1 Å². The van der Waals surface area contributed by atoms with Crippen molar-refractivity contribution < 1.29 is 9.21 Å². The second kappa shape index (κ2) is 3.27. The normalized spacial score (nSPS) is 10.7. The maximum Gasteiger partial charge on any atom is 0.419 e. The van der Waals surface area contributed by atoms with Gasteiger partial charge in [0.25, 0.3) is 0 Å². The molecule has 0 atom stereocenters. The number of nitrogens with zero attached hydrogens (tertiary/aromatic N) is 1. The molecule has 0 saturated heterocycles. The second-order valence-electron chi connectivity index (χ2n) is 3.16. The highest BCUT2D eigenvalue weighted by atomic mass is 16.4. The quantitative estimate of drug-likeness (QED) is 0.786. The van der Waals surface area contributed by atoms with Gasteiger partial charge < -0.3 is 10.2 Å². The number of carbonyl (C=O) groups excluding carboxylic acids is 1. The average molecular weight is 206 g/mol. The van der Waals surface area contributed by atoms with Crippen LogP contribution in [0.4, 0.5) is 0 Å². The van der Waals surface area contributed by atoms with E-state index in [0.29, 0.717) is 23.2 Å². The van der Waals surface area contributed by atoms with Crippen LogP contribution in [0.25, 0.3) is 11.1 Å². The Hall–Kier alpha value is -2.04. The molecule has 78 valence electrons. The van der Waals surface area contributed by atoms with Crippen LogP contribution in [0.1, 0.15) is 17.3 Å². The summed E-state index contributed by atoms with van der Waals surface area (Å²) in [6.07, 6.45) is 0. The Morgan fingerprint density at radius 2 is 2.27 bits per heavy atom. The van der Waals surface area contributed by atoms with Gasteiger partial charge in [-0.3, -0.25) is 9.36 Å². The van der Waals surface area contributed by atoms with Crippen molar-refractivity contribution in [2.75, 3.05) is 0 Å². The van der Waals surface area contributed by atoms with Crippen molar-refractivity contribution in [3.05, 3.63) is 34.3 Å². The second-order valence-corrected chi connectivity index (χ2v) is 3.16.